The molecule has 0 spiro atoms. The monoisotopic (exact) mass is 312 g/mol. The van der Waals surface area contributed by atoms with Crippen LogP contribution in [0.1, 0.15) is 0 Å². The largest absolute Gasteiger partial charge is 0.335 e. The van der Waals surface area contributed by atoms with Gasteiger partial charge in [0.1, 0.15) is 5.69 Å². The van der Waals surface area contributed by atoms with Crippen molar-refractivity contribution in [3.63, 3.8) is 0 Å². The van der Waals surface area contributed by atoms with Gasteiger partial charge in [-0.05, 0) is 29.8 Å². The van der Waals surface area contributed by atoms with Crippen LogP contribution in [0.25, 0.3) is 44.6 Å². The number of rotatable bonds is 2. The molecule has 0 atom stereocenters. The molecule has 0 aliphatic heterocycles. The van der Waals surface area contributed by atoms with E-state index in [1.54, 1.807) is 18.6 Å². The van der Waals surface area contributed by atoms with E-state index in [1.165, 1.54) is 0 Å². The van der Waals surface area contributed by atoms with Crippen molar-refractivity contribution in [1.82, 2.24) is 30.1 Å². The molecular formula is C18H12N6. The molecule has 4 heterocycles. The summed E-state index contributed by atoms with van der Waals surface area (Å²) in [6.07, 6.45) is 7.12. The van der Waals surface area contributed by atoms with Crippen molar-refractivity contribution < 1.29 is 0 Å². The minimum Gasteiger partial charge on any atom is -0.335 e. The number of H-pyrrole nitrogens is 2. The first-order valence-corrected chi connectivity index (χ1v) is 7.57. The van der Waals surface area contributed by atoms with Crippen LogP contribution in [0.5, 0.6) is 0 Å². The average Bonchev–Trinajstić information content (AvgIpc) is 3.25. The number of hydrogen-bond acceptors (Lipinski definition) is 4. The summed E-state index contributed by atoms with van der Waals surface area (Å²) in [5.74, 6) is 0.729. The number of aromatic nitrogens is 6. The van der Waals surface area contributed by atoms with Gasteiger partial charge in [0.15, 0.2) is 5.82 Å². The van der Waals surface area contributed by atoms with Gasteiger partial charge in [-0.25, -0.2) is 4.98 Å². The normalized spacial score (nSPS) is 11.3. The highest BCUT2D eigenvalue weighted by atomic mass is 15.1. The molecular weight excluding hydrogens is 300 g/mol. The van der Waals surface area contributed by atoms with E-state index in [-0.39, 0.29) is 0 Å². The summed E-state index contributed by atoms with van der Waals surface area (Å²) >= 11 is 0. The van der Waals surface area contributed by atoms with Crippen molar-refractivity contribution in [1.29, 1.82) is 0 Å². The predicted molar refractivity (Wildman–Crippen MR) is 92.2 cm³/mol. The molecule has 0 radical (unpaired) electrons. The molecule has 0 amide bonds. The average molecular weight is 312 g/mol. The van der Waals surface area contributed by atoms with E-state index in [4.69, 9.17) is 0 Å². The lowest BCUT2D eigenvalue weighted by molar-refractivity contribution is 1.11. The van der Waals surface area contributed by atoms with Crippen molar-refractivity contribution in [3.05, 3.63) is 61.2 Å². The Labute approximate surface area is 136 Å². The van der Waals surface area contributed by atoms with E-state index >= 15 is 0 Å². The Hall–Kier alpha value is -3.54. The number of pyridine rings is 2. The molecule has 0 unspecified atom stereocenters. The standard InChI is InChI=1S/C18H12N6/c1-2-12(9-19-6-1)11-3-4-14-13(8-11)17(24-23-14)18-21-15-5-7-20-10-16(15)22-18/h1-10H,(H,21,22)(H,23,24). The van der Waals surface area contributed by atoms with Gasteiger partial charge in [-0.1, -0.05) is 12.1 Å². The van der Waals surface area contributed by atoms with Crippen molar-refractivity contribution in [2.75, 3.05) is 0 Å². The van der Waals surface area contributed by atoms with Gasteiger partial charge in [0.2, 0.25) is 0 Å². The molecule has 5 rings (SSSR count). The van der Waals surface area contributed by atoms with E-state index in [1.807, 2.05) is 30.5 Å². The third kappa shape index (κ3) is 1.97. The van der Waals surface area contributed by atoms with Crippen LogP contribution in [-0.2, 0) is 0 Å². The van der Waals surface area contributed by atoms with E-state index in [0.717, 1.165) is 44.6 Å². The van der Waals surface area contributed by atoms with E-state index in [9.17, 15) is 0 Å². The molecule has 0 aliphatic carbocycles. The zero-order valence-corrected chi connectivity index (χ0v) is 12.6. The van der Waals surface area contributed by atoms with Crippen LogP contribution in [0.2, 0.25) is 0 Å². The highest BCUT2D eigenvalue weighted by Gasteiger charge is 2.13. The van der Waals surface area contributed by atoms with Gasteiger partial charge in [-0.15, -0.1) is 0 Å². The van der Waals surface area contributed by atoms with Crippen LogP contribution >= 0.6 is 0 Å². The molecule has 2 N–H and O–H groups in total. The Morgan fingerprint density at radius 1 is 0.833 bits per heavy atom. The molecule has 6 nitrogen and oxygen atoms in total. The first-order chi connectivity index (χ1) is 11.9. The lowest BCUT2D eigenvalue weighted by atomic mass is 10.0. The van der Waals surface area contributed by atoms with Gasteiger partial charge in [0.05, 0.1) is 22.7 Å². The number of hydrogen-bond donors (Lipinski definition) is 2. The van der Waals surface area contributed by atoms with Crippen LogP contribution in [0.4, 0.5) is 0 Å². The lowest BCUT2D eigenvalue weighted by Gasteiger charge is -2.01. The Morgan fingerprint density at radius 2 is 1.79 bits per heavy atom. The number of benzene rings is 1. The second kappa shape index (κ2) is 4.99. The van der Waals surface area contributed by atoms with Crippen LogP contribution < -0.4 is 0 Å². The Kier molecular flexibility index (Phi) is 2.69. The third-order valence-electron chi connectivity index (χ3n) is 4.07. The van der Waals surface area contributed by atoms with Crippen LogP contribution in [0.15, 0.2) is 61.2 Å². The molecule has 4 aromatic heterocycles. The SMILES string of the molecule is c1cncc(-c2ccc3[nH]nc(-c4nc5ccncc5[nH]4)c3c2)c1. The molecule has 1 aromatic carbocycles. The molecule has 0 bridgehead atoms. The second-order valence-corrected chi connectivity index (χ2v) is 5.55. The van der Waals surface area contributed by atoms with Gasteiger partial charge in [0, 0.05) is 29.5 Å². The quantitative estimate of drug-likeness (QED) is 0.522. The Balaban J connectivity index is 1.71. The second-order valence-electron chi connectivity index (χ2n) is 5.55. The maximum Gasteiger partial charge on any atom is 0.159 e. The first-order valence-electron chi connectivity index (χ1n) is 7.57. The number of aromatic amines is 2. The number of imidazole rings is 1. The lowest BCUT2D eigenvalue weighted by Crippen LogP contribution is -1.83. The van der Waals surface area contributed by atoms with Crippen molar-refractivity contribution in [2.24, 2.45) is 0 Å². The number of fused-ring (bicyclic) bond motifs is 2. The summed E-state index contributed by atoms with van der Waals surface area (Å²) in [6, 6.07) is 12.0. The molecule has 0 fully saturated rings. The molecule has 0 saturated carbocycles. The topological polar surface area (TPSA) is 83.1 Å². The summed E-state index contributed by atoms with van der Waals surface area (Å²) in [4.78, 5) is 16.2. The van der Waals surface area contributed by atoms with Gasteiger partial charge in [0.25, 0.3) is 0 Å². The Bertz CT molecular complexity index is 1120. The molecule has 24 heavy (non-hydrogen) atoms. The smallest absolute Gasteiger partial charge is 0.159 e. The fourth-order valence-electron chi connectivity index (χ4n) is 2.88. The predicted octanol–water partition coefficient (Wildman–Crippen LogP) is 3.56. The van der Waals surface area contributed by atoms with E-state index in [2.05, 4.69) is 42.3 Å². The summed E-state index contributed by atoms with van der Waals surface area (Å²) < 4.78 is 0. The zero-order chi connectivity index (χ0) is 15.9. The van der Waals surface area contributed by atoms with Gasteiger partial charge >= 0.3 is 0 Å². The fourth-order valence-corrected chi connectivity index (χ4v) is 2.88. The molecule has 5 aromatic rings. The maximum atomic E-state index is 4.62. The van der Waals surface area contributed by atoms with Gasteiger partial charge < -0.3 is 4.98 Å². The van der Waals surface area contributed by atoms with Crippen LogP contribution in [0.3, 0.4) is 0 Å². The van der Waals surface area contributed by atoms with Crippen LogP contribution in [-0.4, -0.2) is 30.1 Å². The van der Waals surface area contributed by atoms with Crippen molar-refractivity contribution >= 4 is 21.9 Å². The van der Waals surface area contributed by atoms with Crippen molar-refractivity contribution in [2.45, 2.75) is 0 Å². The van der Waals surface area contributed by atoms with Gasteiger partial charge in [-0.2, -0.15) is 5.10 Å². The van der Waals surface area contributed by atoms with Crippen molar-refractivity contribution in [3.8, 4) is 22.6 Å². The van der Waals surface area contributed by atoms with E-state index in [0.29, 0.717) is 0 Å². The Morgan fingerprint density at radius 3 is 2.67 bits per heavy atom. The summed E-state index contributed by atoms with van der Waals surface area (Å²) in [6.45, 7) is 0. The molecule has 0 aliphatic rings. The molecule has 114 valence electrons. The van der Waals surface area contributed by atoms with E-state index < -0.39 is 0 Å². The minimum atomic E-state index is 0.729. The zero-order valence-electron chi connectivity index (χ0n) is 12.6. The number of nitrogens with one attached hydrogen (secondary N) is 2. The molecule has 6 heteroatoms. The summed E-state index contributed by atoms with van der Waals surface area (Å²) in [7, 11) is 0. The fraction of sp³-hybridized carbons (Fsp3) is 0. The third-order valence-corrected chi connectivity index (χ3v) is 4.07. The minimum absolute atomic E-state index is 0.729. The molecule has 0 saturated heterocycles. The highest BCUT2D eigenvalue weighted by Crippen LogP contribution is 2.29. The van der Waals surface area contributed by atoms with Crippen LogP contribution in [0, 0.1) is 0 Å². The number of nitrogens with zero attached hydrogens (tertiary/aromatic N) is 4. The summed E-state index contributed by atoms with van der Waals surface area (Å²) in [5.41, 5.74) is 5.70. The first kappa shape index (κ1) is 13.0. The summed E-state index contributed by atoms with van der Waals surface area (Å²) in [5, 5.41) is 8.53. The van der Waals surface area contributed by atoms with Gasteiger partial charge in [-0.3, -0.25) is 15.1 Å². The highest BCUT2D eigenvalue weighted by molar-refractivity contribution is 5.95. The maximum absolute atomic E-state index is 4.62.